The van der Waals surface area contributed by atoms with Crippen LogP contribution in [-0.4, -0.2) is 27.7 Å². The fraction of sp³-hybridized carbons (Fsp3) is 0.500. The summed E-state index contributed by atoms with van der Waals surface area (Å²) in [5, 5.41) is 7.79. The van der Waals surface area contributed by atoms with Crippen molar-refractivity contribution < 1.29 is 0 Å². The molecular weight excluding hydrogens is 200 g/mol. The van der Waals surface area contributed by atoms with Crippen LogP contribution in [0.1, 0.15) is 30.0 Å². The zero-order chi connectivity index (χ0) is 11.0. The highest BCUT2D eigenvalue weighted by Crippen LogP contribution is 2.27. The van der Waals surface area contributed by atoms with Crippen molar-refractivity contribution in [3.8, 4) is 0 Å². The Morgan fingerprint density at radius 3 is 3.00 bits per heavy atom. The molecule has 0 aromatic carbocycles. The minimum absolute atomic E-state index is 0.617. The van der Waals surface area contributed by atoms with Crippen LogP contribution in [0.2, 0.25) is 0 Å². The maximum absolute atomic E-state index is 4.39. The van der Waals surface area contributed by atoms with Crippen LogP contribution in [0.25, 0.3) is 5.65 Å². The standard InChI is InChI=1S/C12H16N4/c1-9-8-14-11-4-7-15-16(11)12(9)10-2-5-13-6-3-10/h4,7-8,10,13H,2-3,5-6H2,1H3. The first-order valence-corrected chi connectivity index (χ1v) is 5.86. The van der Waals surface area contributed by atoms with Gasteiger partial charge in [0, 0.05) is 18.2 Å². The molecule has 1 N–H and O–H groups in total. The molecule has 3 rings (SSSR count). The lowest BCUT2D eigenvalue weighted by atomic mass is 9.92. The number of fused-ring (bicyclic) bond motifs is 1. The smallest absolute Gasteiger partial charge is 0.155 e. The third kappa shape index (κ3) is 1.50. The summed E-state index contributed by atoms with van der Waals surface area (Å²) in [6.45, 7) is 4.34. The molecule has 4 heteroatoms. The number of nitrogens with one attached hydrogen (secondary N) is 1. The molecule has 0 spiro atoms. The molecule has 1 fully saturated rings. The van der Waals surface area contributed by atoms with E-state index in [0.29, 0.717) is 5.92 Å². The van der Waals surface area contributed by atoms with Gasteiger partial charge in [0.05, 0.1) is 11.9 Å². The first-order valence-electron chi connectivity index (χ1n) is 5.86. The Morgan fingerprint density at radius 2 is 2.19 bits per heavy atom. The summed E-state index contributed by atoms with van der Waals surface area (Å²) in [4.78, 5) is 4.38. The molecular formula is C12H16N4. The van der Waals surface area contributed by atoms with E-state index < -0.39 is 0 Å². The van der Waals surface area contributed by atoms with Crippen molar-refractivity contribution in [2.45, 2.75) is 25.7 Å². The molecule has 1 saturated heterocycles. The predicted octanol–water partition coefficient (Wildman–Crippen LogP) is 1.50. The van der Waals surface area contributed by atoms with Crippen molar-refractivity contribution in [2.75, 3.05) is 13.1 Å². The van der Waals surface area contributed by atoms with Gasteiger partial charge in [-0.25, -0.2) is 9.50 Å². The van der Waals surface area contributed by atoms with E-state index in [9.17, 15) is 0 Å². The lowest BCUT2D eigenvalue weighted by Gasteiger charge is -2.24. The van der Waals surface area contributed by atoms with Crippen LogP contribution in [0.5, 0.6) is 0 Å². The molecule has 0 bridgehead atoms. The molecule has 2 aromatic rings. The van der Waals surface area contributed by atoms with Crippen molar-refractivity contribution in [3.63, 3.8) is 0 Å². The number of aromatic nitrogens is 3. The van der Waals surface area contributed by atoms with Gasteiger partial charge in [-0.1, -0.05) is 0 Å². The summed E-state index contributed by atoms with van der Waals surface area (Å²) in [6.07, 6.45) is 6.18. The summed E-state index contributed by atoms with van der Waals surface area (Å²) in [6, 6.07) is 1.96. The molecule has 3 heterocycles. The highest BCUT2D eigenvalue weighted by molar-refractivity contribution is 5.40. The minimum atomic E-state index is 0.617. The van der Waals surface area contributed by atoms with E-state index >= 15 is 0 Å². The molecule has 0 aliphatic carbocycles. The van der Waals surface area contributed by atoms with Gasteiger partial charge >= 0.3 is 0 Å². The molecule has 0 unspecified atom stereocenters. The van der Waals surface area contributed by atoms with Crippen LogP contribution in [0.3, 0.4) is 0 Å². The summed E-state index contributed by atoms with van der Waals surface area (Å²) in [7, 11) is 0. The lowest BCUT2D eigenvalue weighted by molar-refractivity contribution is 0.445. The number of rotatable bonds is 1. The van der Waals surface area contributed by atoms with E-state index in [0.717, 1.165) is 18.7 Å². The SMILES string of the molecule is Cc1cnc2ccnn2c1C1CCNCC1. The van der Waals surface area contributed by atoms with E-state index in [2.05, 4.69) is 22.3 Å². The van der Waals surface area contributed by atoms with Gasteiger partial charge in [0.15, 0.2) is 5.65 Å². The molecule has 0 saturated carbocycles. The first-order chi connectivity index (χ1) is 7.86. The minimum Gasteiger partial charge on any atom is -0.317 e. The van der Waals surface area contributed by atoms with Crippen LogP contribution < -0.4 is 5.32 Å². The Kier molecular flexibility index (Phi) is 2.36. The lowest BCUT2D eigenvalue weighted by Crippen LogP contribution is -2.28. The Morgan fingerprint density at radius 1 is 1.38 bits per heavy atom. The van der Waals surface area contributed by atoms with Crippen molar-refractivity contribution in [1.29, 1.82) is 0 Å². The summed E-state index contributed by atoms with van der Waals surface area (Å²) < 4.78 is 2.01. The van der Waals surface area contributed by atoms with Gasteiger partial charge in [-0.05, 0) is 38.4 Å². The van der Waals surface area contributed by atoms with Crippen molar-refractivity contribution in [1.82, 2.24) is 19.9 Å². The maximum atomic E-state index is 4.39. The van der Waals surface area contributed by atoms with E-state index in [1.807, 2.05) is 23.0 Å². The van der Waals surface area contributed by atoms with Gasteiger partial charge in [-0.3, -0.25) is 0 Å². The van der Waals surface area contributed by atoms with Gasteiger partial charge in [-0.2, -0.15) is 5.10 Å². The molecule has 1 aliphatic heterocycles. The van der Waals surface area contributed by atoms with Crippen molar-refractivity contribution in [3.05, 3.63) is 29.7 Å². The second-order valence-electron chi connectivity index (χ2n) is 4.45. The van der Waals surface area contributed by atoms with E-state index in [1.54, 1.807) is 0 Å². The first kappa shape index (κ1) is 9.78. The molecule has 0 amide bonds. The van der Waals surface area contributed by atoms with Gasteiger partial charge < -0.3 is 5.32 Å². The normalized spacial score (nSPS) is 18.1. The molecule has 0 radical (unpaired) electrons. The second-order valence-corrected chi connectivity index (χ2v) is 4.45. The van der Waals surface area contributed by atoms with Crippen LogP contribution in [0.15, 0.2) is 18.5 Å². The van der Waals surface area contributed by atoms with E-state index in [-0.39, 0.29) is 0 Å². The fourth-order valence-electron chi connectivity index (χ4n) is 2.57. The zero-order valence-corrected chi connectivity index (χ0v) is 9.48. The quantitative estimate of drug-likeness (QED) is 0.785. The zero-order valence-electron chi connectivity index (χ0n) is 9.48. The summed E-state index contributed by atoms with van der Waals surface area (Å²) >= 11 is 0. The largest absolute Gasteiger partial charge is 0.317 e. The number of hydrogen-bond acceptors (Lipinski definition) is 3. The Balaban J connectivity index is 2.12. The third-order valence-corrected chi connectivity index (χ3v) is 3.37. The number of aryl methyl sites for hydroxylation is 1. The number of nitrogens with zero attached hydrogens (tertiary/aromatic N) is 3. The van der Waals surface area contributed by atoms with Crippen LogP contribution in [0, 0.1) is 6.92 Å². The molecule has 84 valence electrons. The predicted molar refractivity (Wildman–Crippen MR) is 62.6 cm³/mol. The number of hydrogen-bond donors (Lipinski definition) is 1. The van der Waals surface area contributed by atoms with E-state index in [1.165, 1.54) is 24.1 Å². The molecule has 0 atom stereocenters. The maximum Gasteiger partial charge on any atom is 0.155 e. The average molecular weight is 216 g/mol. The molecule has 1 aliphatic rings. The highest BCUT2D eigenvalue weighted by atomic mass is 15.2. The molecule has 4 nitrogen and oxygen atoms in total. The van der Waals surface area contributed by atoms with Crippen LogP contribution in [-0.2, 0) is 0 Å². The van der Waals surface area contributed by atoms with Crippen LogP contribution in [0.4, 0.5) is 0 Å². The Labute approximate surface area is 94.7 Å². The third-order valence-electron chi connectivity index (χ3n) is 3.37. The van der Waals surface area contributed by atoms with Gasteiger partial charge in [0.2, 0.25) is 0 Å². The van der Waals surface area contributed by atoms with Crippen LogP contribution >= 0.6 is 0 Å². The molecule has 2 aromatic heterocycles. The molecule has 16 heavy (non-hydrogen) atoms. The van der Waals surface area contributed by atoms with Gasteiger partial charge in [-0.15, -0.1) is 0 Å². The second kappa shape index (κ2) is 3.87. The average Bonchev–Trinajstić information content (AvgIpc) is 2.78. The summed E-state index contributed by atoms with van der Waals surface area (Å²) in [5.41, 5.74) is 3.55. The Bertz CT molecular complexity index is 497. The van der Waals surface area contributed by atoms with Gasteiger partial charge in [0.1, 0.15) is 0 Å². The van der Waals surface area contributed by atoms with Crippen molar-refractivity contribution in [2.24, 2.45) is 0 Å². The Hall–Kier alpha value is -1.42. The monoisotopic (exact) mass is 216 g/mol. The van der Waals surface area contributed by atoms with Gasteiger partial charge in [0.25, 0.3) is 0 Å². The van der Waals surface area contributed by atoms with E-state index in [4.69, 9.17) is 0 Å². The number of piperidine rings is 1. The summed E-state index contributed by atoms with van der Waals surface area (Å²) in [5.74, 6) is 0.617. The fourth-order valence-corrected chi connectivity index (χ4v) is 2.57. The topological polar surface area (TPSA) is 42.2 Å². The van der Waals surface area contributed by atoms with Crippen molar-refractivity contribution >= 4 is 5.65 Å². The highest BCUT2D eigenvalue weighted by Gasteiger charge is 2.20.